The predicted molar refractivity (Wildman–Crippen MR) is 143 cm³/mol. The van der Waals surface area contributed by atoms with Crippen LogP contribution in [0.1, 0.15) is 33.1 Å². The molecule has 0 radical (unpaired) electrons. The largest absolute Gasteiger partial charge is 0.501 e. The first kappa shape index (κ1) is 23.5. The molecule has 3 aromatic carbocycles. The fourth-order valence-electron chi connectivity index (χ4n) is 5.08. The number of hydrogen-bond donors (Lipinski definition) is 2. The molecule has 2 N–H and O–H groups in total. The van der Waals surface area contributed by atoms with E-state index in [2.05, 4.69) is 10.3 Å². The van der Waals surface area contributed by atoms with Crippen LogP contribution in [-0.2, 0) is 13.5 Å². The number of hydrogen-bond acceptors (Lipinski definition) is 7. The number of carbonyl (C=O) groups is 1. The van der Waals surface area contributed by atoms with Crippen LogP contribution in [-0.4, -0.2) is 39.1 Å². The molecule has 190 valence electrons. The Kier molecular flexibility index (Phi) is 5.68. The lowest BCUT2D eigenvalue weighted by atomic mass is 9.87. The molecular formula is C29H25N5O4. The van der Waals surface area contributed by atoms with Crippen molar-refractivity contribution in [2.45, 2.75) is 12.5 Å². The maximum absolute atomic E-state index is 13.2. The van der Waals surface area contributed by atoms with Gasteiger partial charge < -0.3 is 19.7 Å². The number of carbonyl (C=O) groups excluding carboxylic acids is 1. The van der Waals surface area contributed by atoms with Crippen LogP contribution in [0.2, 0.25) is 0 Å². The maximum Gasteiger partial charge on any atom is 0.297 e. The van der Waals surface area contributed by atoms with Crippen LogP contribution in [0.4, 0.5) is 5.95 Å². The van der Waals surface area contributed by atoms with E-state index in [4.69, 9.17) is 9.40 Å². The molecule has 0 saturated heterocycles. The number of aromatic nitrogens is 3. The molecule has 5 aromatic rings. The summed E-state index contributed by atoms with van der Waals surface area (Å²) in [5.41, 5.74) is 4.21. The molecule has 6 rings (SSSR count). The highest BCUT2D eigenvalue weighted by atomic mass is 16.4. The van der Waals surface area contributed by atoms with E-state index in [1.165, 1.54) is 4.57 Å². The van der Waals surface area contributed by atoms with Crippen LogP contribution in [0.3, 0.4) is 0 Å². The summed E-state index contributed by atoms with van der Waals surface area (Å²) in [5, 5.41) is 13.5. The third-order valence-corrected chi connectivity index (χ3v) is 6.97. The van der Waals surface area contributed by atoms with Crippen molar-refractivity contribution in [1.29, 1.82) is 0 Å². The first-order valence-electron chi connectivity index (χ1n) is 12.3. The molecule has 1 aliphatic rings. The molecule has 0 spiro atoms. The fourth-order valence-corrected chi connectivity index (χ4v) is 5.08. The molecule has 38 heavy (non-hydrogen) atoms. The molecule has 2 aromatic heterocycles. The third kappa shape index (κ3) is 3.80. The quantitative estimate of drug-likeness (QED) is 0.380. The second kappa shape index (κ2) is 9.19. The van der Waals surface area contributed by atoms with Gasteiger partial charge in [0, 0.05) is 26.2 Å². The smallest absolute Gasteiger partial charge is 0.297 e. The Balaban J connectivity index is 1.53. The zero-order valence-electron chi connectivity index (χ0n) is 20.9. The zero-order valence-corrected chi connectivity index (χ0v) is 20.9. The van der Waals surface area contributed by atoms with Gasteiger partial charge in [-0.15, -0.1) is 0 Å². The number of amides is 1. The Hall–Kier alpha value is -4.92. The number of nitrogens with one attached hydrogen (secondary N) is 1. The van der Waals surface area contributed by atoms with Gasteiger partial charge in [0.1, 0.15) is 5.52 Å². The van der Waals surface area contributed by atoms with E-state index < -0.39 is 11.3 Å². The first-order valence-corrected chi connectivity index (χ1v) is 12.3. The molecule has 3 heterocycles. The van der Waals surface area contributed by atoms with Gasteiger partial charge >= 0.3 is 0 Å². The topological polar surface area (TPSA) is 113 Å². The Labute approximate surface area is 218 Å². The second-order valence-electron chi connectivity index (χ2n) is 9.21. The minimum absolute atomic E-state index is 0.00752. The number of aromatic hydroxyl groups is 1. The molecule has 9 nitrogen and oxygen atoms in total. The van der Waals surface area contributed by atoms with Crippen molar-refractivity contribution in [2.75, 3.05) is 18.5 Å². The van der Waals surface area contributed by atoms with E-state index in [0.717, 1.165) is 16.7 Å². The molecular weight excluding hydrogens is 482 g/mol. The number of nitrogens with zero attached hydrogens (tertiary/aromatic N) is 4. The van der Waals surface area contributed by atoms with E-state index in [-0.39, 0.29) is 23.5 Å². The number of anilines is 1. The molecule has 1 amide bonds. The highest BCUT2D eigenvalue weighted by Crippen LogP contribution is 2.39. The summed E-state index contributed by atoms with van der Waals surface area (Å²) in [6.45, 7) is 0.530. The van der Waals surface area contributed by atoms with Gasteiger partial charge in [-0.25, -0.2) is 9.97 Å². The number of oxazole rings is 1. The Morgan fingerprint density at radius 2 is 1.82 bits per heavy atom. The van der Waals surface area contributed by atoms with Gasteiger partial charge in [0.05, 0.1) is 6.04 Å². The highest BCUT2D eigenvalue weighted by Gasteiger charge is 2.33. The van der Waals surface area contributed by atoms with Crippen molar-refractivity contribution in [3.05, 3.63) is 105 Å². The van der Waals surface area contributed by atoms with Crippen LogP contribution in [0.5, 0.6) is 5.75 Å². The first-order chi connectivity index (χ1) is 18.5. The second-order valence-corrected chi connectivity index (χ2v) is 9.21. The van der Waals surface area contributed by atoms with Crippen LogP contribution >= 0.6 is 0 Å². The average Bonchev–Trinajstić information content (AvgIpc) is 3.39. The van der Waals surface area contributed by atoms with E-state index in [9.17, 15) is 14.7 Å². The average molecular weight is 508 g/mol. The summed E-state index contributed by atoms with van der Waals surface area (Å²) >= 11 is 0. The third-order valence-electron chi connectivity index (χ3n) is 6.97. The number of fused-ring (bicyclic) bond motifs is 2. The van der Waals surface area contributed by atoms with Gasteiger partial charge in [-0.05, 0) is 47.4 Å². The Morgan fingerprint density at radius 3 is 2.58 bits per heavy atom. The molecule has 0 saturated carbocycles. The van der Waals surface area contributed by atoms with Crippen molar-refractivity contribution in [2.24, 2.45) is 7.05 Å². The van der Waals surface area contributed by atoms with Gasteiger partial charge in [-0.3, -0.25) is 14.2 Å². The molecule has 0 aliphatic carbocycles. The van der Waals surface area contributed by atoms with Gasteiger partial charge in [0.25, 0.3) is 17.4 Å². The normalized spacial score (nSPS) is 14.9. The van der Waals surface area contributed by atoms with Crippen LogP contribution in [0.25, 0.3) is 22.7 Å². The van der Waals surface area contributed by atoms with Gasteiger partial charge in [0.2, 0.25) is 11.7 Å². The SMILES string of the molecule is CNC(=O)c1ccc2c(c1)CCN(c1nc(-c3nc4ccccc4o3)c(O)c(=O)n1C)[C@H]2c1ccccc1. The van der Waals surface area contributed by atoms with E-state index in [0.29, 0.717) is 35.6 Å². The Morgan fingerprint density at radius 1 is 1.05 bits per heavy atom. The summed E-state index contributed by atoms with van der Waals surface area (Å²) in [6.07, 6.45) is 0.637. The number of rotatable bonds is 4. The summed E-state index contributed by atoms with van der Waals surface area (Å²) in [4.78, 5) is 36.7. The van der Waals surface area contributed by atoms with Gasteiger partial charge in [-0.1, -0.05) is 48.5 Å². The van der Waals surface area contributed by atoms with Crippen LogP contribution < -0.4 is 15.8 Å². The maximum atomic E-state index is 13.2. The summed E-state index contributed by atoms with van der Waals surface area (Å²) < 4.78 is 7.20. The molecule has 1 atom stereocenters. The van der Waals surface area contributed by atoms with Crippen molar-refractivity contribution >= 4 is 23.0 Å². The molecule has 9 heteroatoms. The summed E-state index contributed by atoms with van der Waals surface area (Å²) in [7, 11) is 3.20. The lowest BCUT2D eigenvalue weighted by Gasteiger charge is -2.39. The van der Waals surface area contributed by atoms with Crippen molar-refractivity contribution in [3.63, 3.8) is 0 Å². The predicted octanol–water partition coefficient (Wildman–Crippen LogP) is 3.81. The number of benzene rings is 3. The fraction of sp³-hybridized carbons (Fsp3) is 0.172. The lowest BCUT2D eigenvalue weighted by Crippen LogP contribution is -2.40. The minimum atomic E-state index is -0.597. The number of para-hydroxylation sites is 2. The summed E-state index contributed by atoms with van der Waals surface area (Å²) in [6, 6.07) is 22.6. The minimum Gasteiger partial charge on any atom is -0.501 e. The lowest BCUT2D eigenvalue weighted by molar-refractivity contribution is 0.0963. The van der Waals surface area contributed by atoms with Crippen molar-refractivity contribution < 1.29 is 14.3 Å². The standard InChI is InChI=1S/C29H25N5O4/c1-30-26(36)19-12-13-20-18(16-19)14-15-34(24(20)17-8-4-3-5-9-17)29-32-23(25(35)28(37)33(29)2)27-31-21-10-6-7-11-22(21)38-27/h3-13,16,24,35H,14-15H2,1-2H3,(H,30,36)/t24-/m0/s1. The van der Waals surface area contributed by atoms with E-state index in [1.54, 1.807) is 26.2 Å². The molecule has 0 unspecified atom stereocenters. The van der Waals surface area contributed by atoms with Crippen molar-refractivity contribution in [3.8, 4) is 17.3 Å². The van der Waals surface area contributed by atoms with Crippen LogP contribution in [0.15, 0.2) is 82.0 Å². The summed E-state index contributed by atoms with van der Waals surface area (Å²) in [5.74, 6) is -0.213. The Bertz CT molecular complexity index is 1710. The monoisotopic (exact) mass is 507 g/mol. The van der Waals surface area contributed by atoms with Crippen LogP contribution in [0, 0.1) is 0 Å². The molecule has 1 aliphatic heterocycles. The van der Waals surface area contributed by atoms with E-state index in [1.807, 2.05) is 65.6 Å². The molecule has 0 bridgehead atoms. The highest BCUT2D eigenvalue weighted by molar-refractivity contribution is 5.94. The van der Waals surface area contributed by atoms with Gasteiger partial charge in [-0.2, -0.15) is 0 Å². The van der Waals surface area contributed by atoms with Gasteiger partial charge in [0.15, 0.2) is 11.3 Å². The zero-order chi connectivity index (χ0) is 26.4. The van der Waals surface area contributed by atoms with Crippen molar-refractivity contribution in [1.82, 2.24) is 19.9 Å². The van der Waals surface area contributed by atoms with E-state index >= 15 is 0 Å². The molecule has 0 fully saturated rings.